The van der Waals surface area contributed by atoms with Gasteiger partial charge in [-0.15, -0.1) is 0 Å². The summed E-state index contributed by atoms with van der Waals surface area (Å²) >= 11 is 4.06. The van der Waals surface area contributed by atoms with Gasteiger partial charge >= 0.3 is 5.97 Å². The number of phenols is 1. The van der Waals surface area contributed by atoms with E-state index in [1.54, 1.807) is 12.1 Å². The van der Waals surface area contributed by atoms with E-state index in [0.717, 1.165) is 0 Å². The highest BCUT2D eigenvalue weighted by molar-refractivity contribution is 7.80. The van der Waals surface area contributed by atoms with Crippen LogP contribution in [0.2, 0.25) is 0 Å². The number of amides is 3. The van der Waals surface area contributed by atoms with Crippen molar-refractivity contribution in [2.45, 2.75) is 43.4 Å². The number of thiol groups is 1. The van der Waals surface area contributed by atoms with Crippen LogP contribution in [-0.2, 0) is 25.6 Å². The zero-order chi connectivity index (χ0) is 23.8. The molecular weight excluding hydrogens is 440 g/mol. The number of carbonyl (C=O) groups is 4. The summed E-state index contributed by atoms with van der Waals surface area (Å²) in [6, 6.07) is 1.58. The van der Waals surface area contributed by atoms with Crippen molar-refractivity contribution >= 4 is 36.3 Å². The third-order valence-corrected chi connectivity index (χ3v) is 5.53. The highest BCUT2D eigenvalue weighted by Crippen LogP contribution is 2.20. The summed E-state index contributed by atoms with van der Waals surface area (Å²) in [5.74, 6) is -3.21. The number of carbonyl (C=O) groups excluding carboxylic acids is 3. The fourth-order valence-electron chi connectivity index (χ4n) is 3.38. The van der Waals surface area contributed by atoms with Crippen LogP contribution in [0.15, 0.2) is 24.3 Å². The summed E-state index contributed by atoms with van der Waals surface area (Å²) in [5, 5.41) is 32.8. The van der Waals surface area contributed by atoms with Gasteiger partial charge < -0.3 is 36.6 Å². The van der Waals surface area contributed by atoms with Crippen molar-refractivity contribution in [3.63, 3.8) is 0 Å². The van der Waals surface area contributed by atoms with Crippen molar-refractivity contribution in [1.29, 1.82) is 0 Å². The predicted octanol–water partition coefficient (Wildman–Crippen LogP) is -1.77. The Morgan fingerprint density at radius 3 is 2.31 bits per heavy atom. The quantitative estimate of drug-likeness (QED) is 0.197. The molecule has 12 heteroatoms. The molecule has 0 bridgehead atoms. The third kappa shape index (κ3) is 6.58. The van der Waals surface area contributed by atoms with Crippen LogP contribution in [0.3, 0.4) is 0 Å². The molecular formula is C20H28N4O7S. The highest BCUT2D eigenvalue weighted by atomic mass is 32.1. The lowest BCUT2D eigenvalue weighted by atomic mass is 10.0. The second-order valence-electron chi connectivity index (χ2n) is 7.49. The summed E-state index contributed by atoms with van der Waals surface area (Å²) in [4.78, 5) is 50.7. The summed E-state index contributed by atoms with van der Waals surface area (Å²) < 4.78 is 0. The Bertz CT molecular complexity index is 836. The minimum Gasteiger partial charge on any atom is -0.508 e. The Labute approximate surface area is 190 Å². The van der Waals surface area contributed by atoms with Gasteiger partial charge in [0.2, 0.25) is 17.7 Å². The van der Waals surface area contributed by atoms with Gasteiger partial charge in [-0.2, -0.15) is 12.6 Å². The molecule has 7 N–H and O–H groups in total. The summed E-state index contributed by atoms with van der Waals surface area (Å²) in [6.45, 7) is -0.365. The number of carboxylic acids is 1. The smallest absolute Gasteiger partial charge is 0.326 e. The van der Waals surface area contributed by atoms with E-state index in [9.17, 15) is 29.4 Å². The van der Waals surface area contributed by atoms with E-state index in [0.29, 0.717) is 18.4 Å². The molecule has 4 atom stereocenters. The number of aliphatic carboxylic acids is 1. The van der Waals surface area contributed by atoms with Gasteiger partial charge in [-0.1, -0.05) is 12.1 Å². The van der Waals surface area contributed by atoms with E-state index in [1.807, 2.05) is 0 Å². The number of likely N-dealkylation sites (tertiary alicyclic amines) is 1. The van der Waals surface area contributed by atoms with Crippen LogP contribution < -0.4 is 16.4 Å². The molecule has 0 saturated carbocycles. The van der Waals surface area contributed by atoms with Crippen molar-refractivity contribution in [2.75, 3.05) is 18.9 Å². The molecule has 0 spiro atoms. The maximum absolute atomic E-state index is 13.2. The average molecular weight is 469 g/mol. The molecule has 1 aromatic carbocycles. The van der Waals surface area contributed by atoms with Crippen LogP contribution in [-0.4, -0.2) is 87.0 Å². The molecule has 1 fully saturated rings. The Morgan fingerprint density at radius 1 is 1.12 bits per heavy atom. The minimum absolute atomic E-state index is 0.0317. The van der Waals surface area contributed by atoms with Crippen molar-refractivity contribution in [3.8, 4) is 5.75 Å². The predicted molar refractivity (Wildman–Crippen MR) is 117 cm³/mol. The number of nitrogens with two attached hydrogens (primary N) is 1. The lowest BCUT2D eigenvalue weighted by molar-refractivity contribution is -0.149. The molecule has 2 rings (SSSR count). The molecule has 0 aliphatic carbocycles. The van der Waals surface area contributed by atoms with Crippen LogP contribution in [0.1, 0.15) is 18.4 Å². The molecule has 11 nitrogen and oxygen atoms in total. The monoisotopic (exact) mass is 468 g/mol. The van der Waals surface area contributed by atoms with E-state index in [2.05, 4.69) is 23.3 Å². The van der Waals surface area contributed by atoms with Crippen LogP contribution in [0, 0.1) is 0 Å². The Balaban J connectivity index is 2.22. The molecule has 176 valence electrons. The van der Waals surface area contributed by atoms with E-state index in [1.165, 1.54) is 17.0 Å². The van der Waals surface area contributed by atoms with E-state index in [4.69, 9.17) is 10.8 Å². The lowest BCUT2D eigenvalue weighted by Crippen LogP contribution is -2.58. The first kappa shape index (κ1) is 25.4. The third-order valence-electron chi connectivity index (χ3n) is 5.16. The van der Waals surface area contributed by atoms with Gasteiger partial charge in [0.15, 0.2) is 0 Å². The molecule has 1 heterocycles. The summed E-state index contributed by atoms with van der Waals surface area (Å²) in [6.07, 6.45) is 0.878. The number of nitrogens with zero attached hydrogens (tertiary/aromatic N) is 1. The lowest BCUT2D eigenvalue weighted by Gasteiger charge is -2.28. The van der Waals surface area contributed by atoms with E-state index >= 15 is 0 Å². The van der Waals surface area contributed by atoms with Gasteiger partial charge in [-0.3, -0.25) is 14.4 Å². The first-order valence-corrected chi connectivity index (χ1v) is 10.7. The standard InChI is InChI=1S/C20H28N4O7S/c21-13(9-25)17(27)23-15(10-32)18(28)22-14(8-11-3-5-12(26)6-4-11)19(29)24-7-1-2-16(24)20(30)31/h3-6,13-16,25-26,32H,1-2,7-10,21H2,(H,22,28)(H,23,27)(H,30,31). The number of rotatable bonds is 10. The SMILES string of the molecule is NC(CO)C(=O)NC(CS)C(=O)NC(Cc1ccc(O)cc1)C(=O)N1CCCC1C(=O)O. The van der Waals surface area contributed by atoms with E-state index < -0.39 is 54.5 Å². The molecule has 0 radical (unpaired) electrons. The maximum atomic E-state index is 13.2. The fourth-order valence-corrected chi connectivity index (χ4v) is 3.64. The fraction of sp³-hybridized carbons (Fsp3) is 0.500. The van der Waals surface area contributed by atoms with Gasteiger partial charge in [-0.05, 0) is 30.5 Å². The highest BCUT2D eigenvalue weighted by Gasteiger charge is 2.38. The molecule has 1 aromatic rings. The van der Waals surface area contributed by atoms with Gasteiger partial charge in [0.05, 0.1) is 6.61 Å². The second kappa shape index (κ2) is 11.7. The van der Waals surface area contributed by atoms with Gasteiger partial charge in [-0.25, -0.2) is 4.79 Å². The molecule has 32 heavy (non-hydrogen) atoms. The number of hydrogen-bond acceptors (Lipinski definition) is 8. The van der Waals surface area contributed by atoms with Crippen LogP contribution in [0.4, 0.5) is 0 Å². The van der Waals surface area contributed by atoms with Crippen molar-refractivity contribution in [2.24, 2.45) is 5.73 Å². The Morgan fingerprint density at radius 2 is 1.75 bits per heavy atom. The largest absolute Gasteiger partial charge is 0.508 e. The minimum atomic E-state index is -1.22. The number of nitrogens with one attached hydrogen (secondary N) is 2. The number of carboxylic acid groups (broad SMARTS) is 1. The van der Waals surface area contributed by atoms with Gasteiger partial charge in [0, 0.05) is 18.7 Å². The number of hydrogen-bond donors (Lipinski definition) is 7. The first-order chi connectivity index (χ1) is 15.2. The van der Waals surface area contributed by atoms with E-state index in [-0.39, 0.29) is 24.5 Å². The van der Waals surface area contributed by atoms with Crippen LogP contribution in [0.25, 0.3) is 0 Å². The van der Waals surface area contributed by atoms with Crippen LogP contribution in [0.5, 0.6) is 5.75 Å². The number of aliphatic hydroxyl groups is 1. The van der Waals surface area contributed by atoms with Crippen LogP contribution >= 0.6 is 12.6 Å². The summed E-state index contributed by atoms with van der Waals surface area (Å²) in [5.41, 5.74) is 6.08. The second-order valence-corrected chi connectivity index (χ2v) is 7.86. The maximum Gasteiger partial charge on any atom is 0.326 e. The molecule has 0 aromatic heterocycles. The average Bonchev–Trinajstić information content (AvgIpc) is 3.27. The summed E-state index contributed by atoms with van der Waals surface area (Å²) in [7, 11) is 0. The zero-order valence-electron chi connectivity index (χ0n) is 17.3. The molecule has 1 saturated heterocycles. The Kier molecular flexibility index (Phi) is 9.29. The van der Waals surface area contributed by atoms with Gasteiger partial charge in [0.1, 0.15) is 29.9 Å². The zero-order valence-corrected chi connectivity index (χ0v) is 18.2. The van der Waals surface area contributed by atoms with Gasteiger partial charge in [0.25, 0.3) is 0 Å². The molecule has 1 aliphatic rings. The van der Waals surface area contributed by atoms with Crippen molar-refractivity contribution in [3.05, 3.63) is 29.8 Å². The number of aliphatic hydroxyl groups excluding tert-OH is 1. The Hall–Kier alpha value is -2.83. The van der Waals surface area contributed by atoms with Crippen molar-refractivity contribution in [1.82, 2.24) is 15.5 Å². The normalized spacial score (nSPS) is 18.5. The topological polar surface area (TPSA) is 182 Å². The first-order valence-electron chi connectivity index (χ1n) is 10.1. The molecule has 3 amide bonds. The molecule has 4 unspecified atom stereocenters. The van der Waals surface area contributed by atoms with Crippen molar-refractivity contribution < 1.29 is 34.5 Å². The number of phenolic OH excluding ortho intramolecular Hbond substituents is 1. The number of aromatic hydroxyl groups is 1. The molecule has 1 aliphatic heterocycles. The number of benzene rings is 1.